The average Bonchev–Trinajstić information content (AvgIpc) is 2.77. The summed E-state index contributed by atoms with van der Waals surface area (Å²) in [5.74, 6) is -0.0560. The van der Waals surface area contributed by atoms with Crippen LogP contribution in [0.3, 0.4) is 0 Å². The van der Waals surface area contributed by atoms with E-state index < -0.39 is 0 Å². The van der Waals surface area contributed by atoms with E-state index in [0.717, 1.165) is 19.5 Å². The van der Waals surface area contributed by atoms with E-state index in [1.54, 1.807) is 17.0 Å². The summed E-state index contributed by atoms with van der Waals surface area (Å²) in [6.45, 7) is 1.50. The molecule has 5 heteroatoms. The summed E-state index contributed by atoms with van der Waals surface area (Å²) in [6.07, 6.45) is 3.69. The van der Waals surface area contributed by atoms with Crippen molar-refractivity contribution in [1.82, 2.24) is 9.80 Å². The van der Waals surface area contributed by atoms with E-state index >= 15 is 0 Å². The summed E-state index contributed by atoms with van der Waals surface area (Å²) >= 11 is 0. The lowest BCUT2D eigenvalue weighted by Crippen LogP contribution is -2.35. The highest BCUT2D eigenvalue weighted by Crippen LogP contribution is 2.15. The number of pyridine rings is 1. The summed E-state index contributed by atoms with van der Waals surface area (Å²) in [7, 11) is 4.04. The minimum absolute atomic E-state index is 0.0560. The third kappa shape index (κ3) is 2.55. The molecule has 0 unspecified atom stereocenters. The minimum Gasteiger partial charge on any atom is -0.619 e. The van der Waals surface area contributed by atoms with E-state index in [2.05, 4.69) is 4.90 Å². The van der Waals surface area contributed by atoms with Gasteiger partial charge in [0.2, 0.25) is 0 Å². The molecular weight excluding hydrogens is 218 g/mol. The summed E-state index contributed by atoms with van der Waals surface area (Å²) in [5, 5.41) is 11.1. The fourth-order valence-electron chi connectivity index (χ4n) is 2.11. The van der Waals surface area contributed by atoms with Gasteiger partial charge in [-0.1, -0.05) is 0 Å². The largest absolute Gasteiger partial charge is 0.619 e. The second-order valence-electron chi connectivity index (χ2n) is 4.61. The second kappa shape index (κ2) is 4.71. The molecule has 1 aliphatic rings. The lowest BCUT2D eigenvalue weighted by Gasteiger charge is -2.20. The van der Waals surface area contributed by atoms with Crippen molar-refractivity contribution in [2.75, 3.05) is 27.2 Å². The van der Waals surface area contributed by atoms with E-state index in [4.69, 9.17) is 0 Å². The molecule has 1 aromatic heterocycles. The number of amides is 1. The molecule has 1 atom stereocenters. The van der Waals surface area contributed by atoms with E-state index in [0.29, 0.717) is 16.3 Å². The molecule has 5 nitrogen and oxygen atoms in total. The molecule has 0 bridgehead atoms. The van der Waals surface area contributed by atoms with Gasteiger partial charge in [0.25, 0.3) is 5.91 Å². The van der Waals surface area contributed by atoms with Crippen LogP contribution in [0.1, 0.15) is 16.8 Å². The maximum atomic E-state index is 12.1. The van der Waals surface area contributed by atoms with Gasteiger partial charge in [-0.3, -0.25) is 4.79 Å². The molecule has 1 fully saturated rings. The number of rotatable bonds is 2. The highest BCUT2D eigenvalue weighted by Gasteiger charge is 2.28. The Labute approximate surface area is 101 Å². The fraction of sp³-hybridized carbons (Fsp3) is 0.500. The zero-order valence-corrected chi connectivity index (χ0v) is 10.2. The van der Waals surface area contributed by atoms with Crippen LogP contribution in [0.5, 0.6) is 0 Å². The molecule has 1 aromatic rings. The van der Waals surface area contributed by atoms with Crippen molar-refractivity contribution in [2.45, 2.75) is 12.5 Å². The van der Waals surface area contributed by atoms with E-state index in [1.807, 2.05) is 14.1 Å². The number of nitrogens with zero attached hydrogens (tertiary/aromatic N) is 3. The lowest BCUT2D eigenvalue weighted by atomic mass is 10.2. The Hall–Kier alpha value is -1.62. The first-order valence-electron chi connectivity index (χ1n) is 5.72. The molecule has 2 rings (SSSR count). The number of likely N-dealkylation sites (tertiary alicyclic amines) is 1. The highest BCUT2D eigenvalue weighted by molar-refractivity contribution is 5.93. The van der Waals surface area contributed by atoms with Gasteiger partial charge in [0.05, 0.1) is 0 Å². The molecule has 0 saturated carbocycles. The third-order valence-corrected chi connectivity index (χ3v) is 3.20. The van der Waals surface area contributed by atoms with Crippen LogP contribution in [0, 0.1) is 5.21 Å². The molecular formula is C12H17N3O2. The van der Waals surface area contributed by atoms with Crippen molar-refractivity contribution in [3.8, 4) is 0 Å². The molecule has 92 valence electrons. The number of aromatic nitrogens is 1. The number of likely N-dealkylation sites (N-methyl/N-ethyl adjacent to an activating group) is 1. The topological polar surface area (TPSA) is 50.5 Å². The Morgan fingerprint density at radius 1 is 1.59 bits per heavy atom. The van der Waals surface area contributed by atoms with Crippen molar-refractivity contribution < 1.29 is 9.52 Å². The smallest absolute Gasteiger partial charge is 0.260 e. The lowest BCUT2D eigenvalue weighted by molar-refractivity contribution is -0.605. The van der Waals surface area contributed by atoms with Crippen molar-refractivity contribution >= 4 is 5.91 Å². The maximum absolute atomic E-state index is 12.1. The van der Waals surface area contributed by atoms with Gasteiger partial charge in [-0.15, -0.1) is 0 Å². The first-order chi connectivity index (χ1) is 8.08. The Kier molecular flexibility index (Phi) is 3.28. The van der Waals surface area contributed by atoms with Gasteiger partial charge < -0.3 is 15.0 Å². The first-order valence-corrected chi connectivity index (χ1v) is 5.72. The summed E-state index contributed by atoms with van der Waals surface area (Å²) in [5.41, 5.74) is 0.460. The van der Waals surface area contributed by atoms with Gasteiger partial charge in [-0.25, -0.2) is 0 Å². The molecule has 0 N–H and O–H groups in total. The molecule has 0 spiro atoms. The molecule has 1 aliphatic heterocycles. The van der Waals surface area contributed by atoms with Crippen molar-refractivity contribution in [3.63, 3.8) is 0 Å². The van der Waals surface area contributed by atoms with E-state index in [9.17, 15) is 10.0 Å². The molecule has 1 saturated heterocycles. The zero-order chi connectivity index (χ0) is 12.4. The first kappa shape index (κ1) is 11.9. The predicted molar refractivity (Wildman–Crippen MR) is 63.4 cm³/mol. The van der Waals surface area contributed by atoms with Crippen LogP contribution in [0.15, 0.2) is 24.5 Å². The Morgan fingerprint density at radius 2 is 2.35 bits per heavy atom. The SMILES string of the molecule is CN(C)[C@@H]1CCN(C(=O)c2ccc[n+]([O-])c2)C1. The van der Waals surface area contributed by atoms with Gasteiger partial charge in [0.15, 0.2) is 12.4 Å². The molecule has 1 amide bonds. The van der Waals surface area contributed by atoms with E-state index in [1.165, 1.54) is 12.4 Å². The second-order valence-corrected chi connectivity index (χ2v) is 4.61. The Bertz CT molecular complexity index is 420. The average molecular weight is 235 g/mol. The number of hydrogen-bond donors (Lipinski definition) is 0. The fourth-order valence-corrected chi connectivity index (χ4v) is 2.11. The van der Waals surface area contributed by atoms with Gasteiger partial charge in [0, 0.05) is 25.2 Å². The number of hydrogen-bond acceptors (Lipinski definition) is 3. The van der Waals surface area contributed by atoms with Gasteiger partial charge in [0.1, 0.15) is 5.56 Å². The quantitative estimate of drug-likeness (QED) is 0.539. The van der Waals surface area contributed by atoms with Crippen LogP contribution < -0.4 is 4.73 Å². The van der Waals surface area contributed by atoms with Crippen molar-refractivity contribution in [3.05, 3.63) is 35.3 Å². The predicted octanol–water partition coefficient (Wildman–Crippen LogP) is 0.0961. The highest BCUT2D eigenvalue weighted by atomic mass is 16.5. The Morgan fingerprint density at radius 3 is 2.94 bits per heavy atom. The van der Waals surface area contributed by atoms with Crippen LogP contribution >= 0.6 is 0 Å². The Balaban J connectivity index is 2.07. The molecule has 0 aliphatic carbocycles. The van der Waals surface area contributed by atoms with Gasteiger partial charge in [-0.2, -0.15) is 4.73 Å². The minimum atomic E-state index is -0.0560. The summed E-state index contributed by atoms with van der Waals surface area (Å²) < 4.78 is 0.659. The van der Waals surface area contributed by atoms with Crippen molar-refractivity contribution in [1.29, 1.82) is 0 Å². The molecule has 0 radical (unpaired) electrons. The summed E-state index contributed by atoms with van der Waals surface area (Å²) in [4.78, 5) is 16.1. The third-order valence-electron chi connectivity index (χ3n) is 3.20. The van der Waals surface area contributed by atoms with Crippen molar-refractivity contribution in [2.24, 2.45) is 0 Å². The monoisotopic (exact) mass is 235 g/mol. The molecule has 2 heterocycles. The van der Waals surface area contributed by atoms with Gasteiger partial charge >= 0.3 is 0 Å². The van der Waals surface area contributed by atoms with Crippen LogP contribution in [0.25, 0.3) is 0 Å². The normalized spacial score (nSPS) is 19.9. The number of carbonyl (C=O) groups excluding carboxylic acids is 1. The summed E-state index contributed by atoms with van der Waals surface area (Å²) in [6, 6.07) is 3.70. The van der Waals surface area contributed by atoms with Crippen LogP contribution in [0.4, 0.5) is 0 Å². The van der Waals surface area contributed by atoms with Crippen LogP contribution in [0.2, 0.25) is 0 Å². The number of carbonyl (C=O) groups is 1. The van der Waals surface area contributed by atoms with E-state index in [-0.39, 0.29) is 5.91 Å². The maximum Gasteiger partial charge on any atom is 0.260 e. The van der Waals surface area contributed by atoms with Crippen LogP contribution in [-0.4, -0.2) is 48.9 Å². The zero-order valence-electron chi connectivity index (χ0n) is 10.2. The van der Waals surface area contributed by atoms with Gasteiger partial charge in [-0.05, 0) is 26.6 Å². The molecule has 17 heavy (non-hydrogen) atoms. The standard InChI is InChI=1S/C12H17N3O2/c1-13(2)11-5-7-14(9-11)12(16)10-4-3-6-15(17)8-10/h3-4,6,8,11H,5,7,9H2,1-2H3/t11-/m1/s1. The van der Waals surface area contributed by atoms with Crippen LogP contribution in [-0.2, 0) is 0 Å². The molecule has 0 aromatic carbocycles.